The fourth-order valence-corrected chi connectivity index (χ4v) is 3.48. The monoisotopic (exact) mass is 335 g/mol. The Hall–Kier alpha value is 0.01000. The van der Waals surface area contributed by atoms with Gasteiger partial charge in [0.15, 0.2) is 0 Å². The lowest BCUT2D eigenvalue weighted by molar-refractivity contribution is 0.115. The SMILES string of the molecule is CC(NC1CCCCCC1O)c1ccc(Cl)c(Cl)c1Cl. The molecular weight excluding hydrogens is 317 g/mol. The van der Waals surface area contributed by atoms with E-state index >= 15 is 0 Å². The quantitative estimate of drug-likeness (QED) is 0.602. The van der Waals surface area contributed by atoms with E-state index in [0.29, 0.717) is 15.1 Å². The number of rotatable bonds is 3. The van der Waals surface area contributed by atoms with Gasteiger partial charge in [-0.05, 0) is 31.4 Å². The van der Waals surface area contributed by atoms with Gasteiger partial charge in [-0.25, -0.2) is 0 Å². The van der Waals surface area contributed by atoms with E-state index in [2.05, 4.69) is 5.32 Å². The van der Waals surface area contributed by atoms with E-state index in [1.807, 2.05) is 13.0 Å². The van der Waals surface area contributed by atoms with Crippen LogP contribution in [0, 0.1) is 0 Å². The molecule has 20 heavy (non-hydrogen) atoms. The van der Waals surface area contributed by atoms with Crippen molar-refractivity contribution in [3.8, 4) is 0 Å². The van der Waals surface area contributed by atoms with Gasteiger partial charge in [-0.15, -0.1) is 0 Å². The van der Waals surface area contributed by atoms with Crippen LogP contribution < -0.4 is 5.32 Å². The minimum absolute atomic E-state index is 0.0232. The molecule has 3 atom stereocenters. The van der Waals surface area contributed by atoms with Gasteiger partial charge in [0.1, 0.15) is 0 Å². The van der Waals surface area contributed by atoms with E-state index < -0.39 is 0 Å². The maximum atomic E-state index is 10.2. The second-order valence-corrected chi connectivity index (χ2v) is 6.63. The maximum absolute atomic E-state index is 10.2. The maximum Gasteiger partial charge on any atom is 0.0781 e. The number of aliphatic hydroxyl groups excluding tert-OH is 1. The predicted molar refractivity (Wildman–Crippen MR) is 85.9 cm³/mol. The van der Waals surface area contributed by atoms with Crippen molar-refractivity contribution >= 4 is 34.8 Å². The molecule has 0 amide bonds. The Morgan fingerprint density at radius 3 is 2.55 bits per heavy atom. The van der Waals surface area contributed by atoms with Gasteiger partial charge in [0.25, 0.3) is 0 Å². The van der Waals surface area contributed by atoms with Crippen molar-refractivity contribution in [2.75, 3.05) is 0 Å². The molecule has 1 aromatic rings. The lowest BCUT2D eigenvalue weighted by Gasteiger charge is -2.27. The summed E-state index contributed by atoms with van der Waals surface area (Å²) in [6.07, 6.45) is 5.00. The first-order valence-corrected chi connectivity index (χ1v) is 8.21. The molecule has 0 radical (unpaired) electrons. The number of nitrogens with one attached hydrogen (secondary N) is 1. The van der Waals surface area contributed by atoms with E-state index in [1.165, 1.54) is 6.42 Å². The van der Waals surface area contributed by atoms with Crippen molar-refractivity contribution in [2.24, 2.45) is 0 Å². The van der Waals surface area contributed by atoms with Gasteiger partial charge >= 0.3 is 0 Å². The Balaban J connectivity index is 2.11. The fraction of sp³-hybridized carbons (Fsp3) is 0.600. The molecule has 1 aliphatic carbocycles. The van der Waals surface area contributed by atoms with Crippen LogP contribution in [0.1, 0.15) is 50.6 Å². The van der Waals surface area contributed by atoms with Crippen LogP contribution >= 0.6 is 34.8 Å². The molecule has 1 fully saturated rings. The average Bonchev–Trinajstić information content (AvgIpc) is 2.61. The highest BCUT2D eigenvalue weighted by molar-refractivity contribution is 6.48. The van der Waals surface area contributed by atoms with Crippen molar-refractivity contribution in [3.63, 3.8) is 0 Å². The van der Waals surface area contributed by atoms with Crippen LogP contribution in [0.15, 0.2) is 12.1 Å². The highest BCUT2D eigenvalue weighted by Gasteiger charge is 2.24. The first-order valence-electron chi connectivity index (χ1n) is 7.08. The van der Waals surface area contributed by atoms with Gasteiger partial charge in [-0.2, -0.15) is 0 Å². The highest BCUT2D eigenvalue weighted by atomic mass is 35.5. The molecule has 0 aliphatic heterocycles. The van der Waals surface area contributed by atoms with E-state index in [0.717, 1.165) is 31.2 Å². The Morgan fingerprint density at radius 1 is 1.10 bits per heavy atom. The molecule has 0 spiro atoms. The smallest absolute Gasteiger partial charge is 0.0781 e. The number of hydrogen-bond donors (Lipinski definition) is 2. The minimum atomic E-state index is -0.290. The van der Waals surface area contributed by atoms with Gasteiger partial charge in [0.2, 0.25) is 0 Å². The predicted octanol–water partition coefficient (Wildman–Crippen LogP) is 4.99. The summed E-state index contributed by atoms with van der Waals surface area (Å²) in [5.74, 6) is 0. The standard InChI is InChI=1S/C15H20Cl3NO/c1-9(10-7-8-11(16)15(18)14(10)17)19-12-5-3-2-4-6-13(12)20/h7-9,12-13,19-20H,2-6H2,1H3. The number of hydrogen-bond acceptors (Lipinski definition) is 2. The summed E-state index contributed by atoms with van der Waals surface area (Å²) in [5, 5.41) is 15.0. The number of benzene rings is 1. The molecular formula is C15H20Cl3NO. The molecule has 5 heteroatoms. The zero-order valence-corrected chi connectivity index (χ0v) is 13.8. The van der Waals surface area contributed by atoms with Crippen LogP contribution in [0.5, 0.6) is 0 Å². The van der Waals surface area contributed by atoms with E-state index in [1.54, 1.807) is 6.07 Å². The van der Waals surface area contributed by atoms with Crippen molar-refractivity contribution in [1.82, 2.24) is 5.32 Å². The molecule has 1 aliphatic rings. The Bertz CT molecular complexity index is 467. The minimum Gasteiger partial charge on any atom is -0.392 e. The van der Waals surface area contributed by atoms with Crippen LogP contribution in [0.25, 0.3) is 0 Å². The first-order chi connectivity index (χ1) is 9.50. The average molecular weight is 337 g/mol. The van der Waals surface area contributed by atoms with E-state index in [9.17, 15) is 5.11 Å². The third-order valence-corrected chi connectivity index (χ3v) is 5.28. The molecule has 2 rings (SSSR count). The van der Waals surface area contributed by atoms with Crippen LogP contribution in [0.4, 0.5) is 0 Å². The van der Waals surface area contributed by atoms with Gasteiger partial charge in [0, 0.05) is 12.1 Å². The Kier molecular flexibility index (Phi) is 6.00. The van der Waals surface area contributed by atoms with Crippen LogP contribution in [0.3, 0.4) is 0 Å². The summed E-state index contributed by atoms with van der Waals surface area (Å²) in [6, 6.07) is 3.78. The number of aliphatic hydroxyl groups is 1. The topological polar surface area (TPSA) is 32.3 Å². The van der Waals surface area contributed by atoms with Crippen molar-refractivity contribution in [3.05, 3.63) is 32.8 Å². The van der Waals surface area contributed by atoms with Crippen molar-refractivity contribution in [1.29, 1.82) is 0 Å². The summed E-state index contributed by atoms with van der Waals surface area (Å²) in [4.78, 5) is 0. The zero-order chi connectivity index (χ0) is 14.7. The summed E-state index contributed by atoms with van der Waals surface area (Å²) in [7, 11) is 0. The van der Waals surface area contributed by atoms with Crippen molar-refractivity contribution < 1.29 is 5.11 Å². The van der Waals surface area contributed by atoms with Gasteiger partial charge < -0.3 is 10.4 Å². The molecule has 1 aromatic carbocycles. The van der Waals surface area contributed by atoms with E-state index in [4.69, 9.17) is 34.8 Å². The van der Waals surface area contributed by atoms with Crippen molar-refractivity contribution in [2.45, 2.75) is 57.2 Å². The molecule has 0 aromatic heterocycles. The molecule has 112 valence electrons. The summed E-state index contributed by atoms with van der Waals surface area (Å²) >= 11 is 18.3. The van der Waals surface area contributed by atoms with Gasteiger partial charge in [0.05, 0.1) is 21.2 Å². The van der Waals surface area contributed by atoms with Crippen LogP contribution in [-0.2, 0) is 0 Å². The molecule has 0 saturated heterocycles. The molecule has 3 unspecified atom stereocenters. The number of halogens is 3. The zero-order valence-electron chi connectivity index (χ0n) is 11.5. The summed E-state index contributed by atoms with van der Waals surface area (Å²) < 4.78 is 0. The second kappa shape index (κ2) is 7.33. The first kappa shape index (κ1) is 16.4. The molecule has 0 heterocycles. The molecule has 2 nitrogen and oxygen atoms in total. The second-order valence-electron chi connectivity index (χ2n) is 5.46. The lowest BCUT2D eigenvalue weighted by atomic mass is 10.0. The van der Waals surface area contributed by atoms with Gasteiger partial charge in [-0.1, -0.05) is 60.1 Å². The van der Waals surface area contributed by atoms with Gasteiger partial charge in [-0.3, -0.25) is 0 Å². The lowest BCUT2D eigenvalue weighted by Crippen LogP contribution is -2.40. The van der Waals surface area contributed by atoms with E-state index in [-0.39, 0.29) is 18.2 Å². The fourth-order valence-electron chi connectivity index (χ4n) is 2.77. The third-order valence-electron chi connectivity index (χ3n) is 3.98. The highest BCUT2D eigenvalue weighted by Crippen LogP contribution is 2.35. The Labute approximate surface area is 135 Å². The van der Waals surface area contributed by atoms with Crippen LogP contribution in [0.2, 0.25) is 15.1 Å². The molecule has 0 bridgehead atoms. The molecule has 1 saturated carbocycles. The summed E-state index contributed by atoms with van der Waals surface area (Å²) in [5.41, 5.74) is 0.914. The normalized spacial score (nSPS) is 25.2. The molecule has 2 N–H and O–H groups in total. The Morgan fingerprint density at radius 2 is 1.80 bits per heavy atom. The van der Waals surface area contributed by atoms with Crippen LogP contribution in [-0.4, -0.2) is 17.3 Å². The largest absolute Gasteiger partial charge is 0.392 e. The summed E-state index contributed by atoms with van der Waals surface area (Å²) in [6.45, 7) is 2.03. The third kappa shape index (κ3) is 3.80.